The summed E-state index contributed by atoms with van der Waals surface area (Å²) in [6.07, 6.45) is 1.77. The summed E-state index contributed by atoms with van der Waals surface area (Å²) in [6.45, 7) is 0. The maximum absolute atomic E-state index is 11.3. The van der Waals surface area contributed by atoms with Gasteiger partial charge >= 0.3 is 7.60 Å². The second kappa shape index (κ2) is 15.1. The molecule has 3 radical (unpaired) electrons. The van der Waals surface area contributed by atoms with Crippen molar-refractivity contribution in [3.63, 3.8) is 0 Å². The van der Waals surface area contributed by atoms with Crippen LogP contribution in [0.2, 0.25) is 0 Å². The zero-order valence-corrected chi connectivity index (χ0v) is 28.7. The molecule has 1 aromatic heterocycles. The van der Waals surface area contributed by atoms with Crippen molar-refractivity contribution in [3.05, 3.63) is 60.4 Å². The van der Waals surface area contributed by atoms with Crippen LogP contribution in [0.5, 0.6) is 11.5 Å². The molecule has 31 heavy (non-hydrogen) atoms. The largest absolute Gasteiger partial charge is 0.464 e. The Hall–Kier alpha value is 2.75. The van der Waals surface area contributed by atoms with Gasteiger partial charge in [0.2, 0.25) is 0 Å². The van der Waals surface area contributed by atoms with Gasteiger partial charge in [-0.05, 0) is 61.2 Å². The quantitative estimate of drug-likeness (QED) is 0.224. The van der Waals surface area contributed by atoms with Crippen LogP contribution in [0, 0.1) is 0 Å². The number of aryl methyl sites for hydroxylation is 1. The molecular weight excluding hydrogens is 525 g/mol. The van der Waals surface area contributed by atoms with Gasteiger partial charge < -0.3 is 18.9 Å². The number of hydrogen-bond acceptors (Lipinski definition) is 5. The Morgan fingerprint density at radius 3 is 2.32 bits per heavy atom. The van der Waals surface area contributed by atoms with Crippen LogP contribution in [0.3, 0.4) is 0 Å². The Morgan fingerprint density at radius 2 is 1.68 bits per heavy atom. The molecule has 1 atom stereocenters. The SMILES string of the molecule is O=P(O)(O)C(CCCc1cccc(Oc2ccc3occc3c2)c1)S(=O)(=O)O.[K].[K].[K]. The number of ether oxygens (including phenoxy) is 1. The molecule has 153 valence electrons. The van der Waals surface area contributed by atoms with Crippen LogP contribution in [-0.4, -0.2) is 182 Å². The topological polar surface area (TPSA) is 134 Å². The standard InChI is InChI=1S/C18H19O8PS.3K/c19-27(20,21)18(28(22,23)24)6-2-4-13-3-1-5-15(11-13)26-16-7-8-17-14(12-16)9-10-25-17;;;/h1,3,5,7-12,18H,2,4,6H2,(H2,19,20,21)(H,22,23,24);;;. The maximum Gasteiger partial charge on any atom is 0.346 e. The average Bonchev–Trinajstić information content (AvgIpc) is 3.04. The minimum absolute atomic E-state index is 0. The van der Waals surface area contributed by atoms with Gasteiger partial charge in [0.1, 0.15) is 17.1 Å². The molecule has 3 rings (SSSR count). The van der Waals surface area contributed by atoms with Crippen LogP contribution >= 0.6 is 7.60 Å². The summed E-state index contributed by atoms with van der Waals surface area (Å²) in [5, 5.41) is 0.905. The average molecular weight is 544 g/mol. The van der Waals surface area contributed by atoms with Gasteiger partial charge in [0.05, 0.1) is 6.26 Å². The van der Waals surface area contributed by atoms with E-state index in [9.17, 15) is 13.0 Å². The van der Waals surface area contributed by atoms with E-state index in [0.29, 0.717) is 17.9 Å². The molecule has 1 heterocycles. The van der Waals surface area contributed by atoms with Crippen molar-refractivity contribution in [3.8, 4) is 11.5 Å². The molecule has 0 aliphatic rings. The zero-order valence-electron chi connectivity index (χ0n) is 17.6. The molecule has 1 unspecified atom stereocenters. The molecule has 3 aromatic rings. The van der Waals surface area contributed by atoms with E-state index >= 15 is 0 Å². The first-order valence-electron chi connectivity index (χ1n) is 8.38. The first-order valence-corrected chi connectivity index (χ1v) is 11.6. The first-order chi connectivity index (χ1) is 13.1. The van der Waals surface area contributed by atoms with Crippen LogP contribution in [0.4, 0.5) is 0 Å². The third-order valence-corrected chi connectivity index (χ3v) is 7.75. The summed E-state index contributed by atoms with van der Waals surface area (Å²) < 4.78 is 53.8. The smallest absolute Gasteiger partial charge is 0.346 e. The van der Waals surface area contributed by atoms with Crippen molar-refractivity contribution in [2.24, 2.45) is 0 Å². The number of benzene rings is 2. The van der Waals surface area contributed by atoms with Gasteiger partial charge in [-0.1, -0.05) is 12.1 Å². The number of furan rings is 1. The minimum atomic E-state index is -4.96. The predicted molar refractivity (Wildman–Crippen MR) is 120 cm³/mol. The molecule has 0 saturated heterocycles. The molecule has 0 fully saturated rings. The molecule has 0 saturated carbocycles. The van der Waals surface area contributed by atoms with Crippen LogP contribution in [0.25, 0.3) is 11.0 Å². The van der Waals surface area contributed by atoms with Gasteiger partial charge in [-0.15, -0.1) is 0 Å². The van der Waals surface area contributed by atoms with Crippen molar-refractivity contribution in [1.29, 1.82) is 0 Å². The Labute approximate surface area is 308 Å². The Bertz CT molecular complexity index is 1130. The molecule has 0 spiro atoms. The summed E-state index contributed by atoms with van der Waals surface area (Å²) in [5.74, 6) is 1.20. The van der Waals surface area contributed by atoms with E-state index in [0.717, 1.165) is 16.5 Å². The Morgan fingerprint density at radius 1 is 1.00 bits per heavy atom. The molecule has 3 N–H and O–H groups in total. The molecule has 0 aliphatic carbocycles. The maximum atomic E-state index is 11.3. The van der Waals surface area contributed by atoms with Gasteiger partial charge in [-0.3, -0.25) is 9.12 Å². The van der Waals surface area contributed by atoms with Crippen molar-refractivity contribution in [1.82, 2.24) is 0 Å². The molecular formula is C18H19K3O8PS. The van der Waals surface area contributed by atoms with Crippen LogP contribution in [0.15, 0.2) is 59.2 Å². The van der Waals surface area contributed by atoms with Crippen molar-refractivity contribution < 1.29 is 36.5 Å². The van der Waals surface area contributed by atoms with Gasteiger partial charge in [-0.2, -0.15) is 8.42 Å². The molecule has 0 amide bonds. The van der Waals surface area contributed by atoms with E-state index in [1.54, 1.807) is 42.7 Å². The van der Waals surface area contributed by atoms with E-state index in [1.807, 2.05) is 12.1 Å². The summed E-state index contributed by atoms with van der Waals surface area (Å²) in [7, 11) is -9.79. The minimum Gasteiger partial charge on any atom is -0.464 e. The molecule has 0 aliphatic heterocycles. The molecule has 13 heteroatoms. The molecule has 2 aromatic carbocycles. The van der Waals surface area contributed by atoms with E-state index in [1.165, 1.54) is 0 Å². The fourth-order valence-corrected chi connectivity index (χ4v) is 5.25. The third kappa shape index (κ3) is 10.7. The van der Waals surface area contributed by atoms with E-state index < -0.39 is 22.7 Å². The summed E-state index contributed by atoms with van der Waals surface area (Å²) in [5.41, 5.74) is 1.56. The van der Waals surface area contributed by atoms with Gasteiger partial charge in [0.15, 0.2) is 4.99 Å². The van der Waals surface area contributed by atoms with Crippen LogP contribution in [-0.2, 0) is 21.1 Å². The molecule has 8 nitrogen and oxygen atoms in total. The Balaban J connectivity index is 0.00000300. The summed E-state index contributed by atoms with van der Waals surface area (Å²) >= 11 is 0. The van der Waals surface area contributed by atoms with Gasteiger partial charge in [0.25, 0.3) is 10.1 Å². The Kier molecular flexibility index (Phi) is 16.4. The monoisotopic (exact) mass is 543 g/mol. The second-order valence-corrected chi connectivity index (χ2v) is 10.1. The normalized spacial score (nSPS) is 12.2. The summed E-state index contributed by atoms with van der Waals surface area (Å²) in [6, 6.07) is 14.3. The number of hydrogen-bond donors (Lipinski definition) is 3. The molecule has 0 bridgehead atoms. The van der Waals surface area contributed by atoms with E-state index in [-0.39, 0.29) is 167 Å². The second-order valence-electron chi connectivity index (χ2n) is 6.32. The summed E-state index contributed by atoms with van der Waals surface area (Å²) in [4.78, 5) is 16.1. The van der Waals surface area contributed by atoms with Crippen LogP contribution in [0.1, 0.15) is 18.4 Å². The van der Waals surface area contributed by atoms with Gasteiger partial charge in [-0.25, -0.2) is 0 Å². The van der Waals surface area contributed by atoms with E-state index in [2.05, 4.69) is 0 Å². The van der Waals surface area contributed by atoms with Crippen molar-refractivity contribution in [2.75, 3.05) is 0 Å². The first kappa shape index (κ1) is 33.7. The van der Waals surface area contributed by atoms with E-state index in [4.69, 9.17) is 23.5 Å². The fraction of sp³-hybridized carbons (Fsp3) is 0.222. The van der Waals surface area contributed by atoms with Crippen molar-refractivity contribution >= 4 is 183 Å². The zero-order chi connectivity index (χ0) is 20.4. The van der Waals surface area contributed by atoms with Gasteiger partial charge in [0, 0.05) is 160 Å². The predicted octanol–water partition coefficient (Wildman–Crippen LogP) is 2.80. The fourth-order valence-electron chi connectivity index (χ4n) is 2.88. The third-order valence-electron chi connectivity index (χ3n) is 4.19. The van der Waals surface area contributed by atoms with Crippen LogP contribution < -0.4 is 4.74 Å². The number of rotatable bonds is 8. The van der Waals surface area contributed by atoms with Crippen molar-refractivity contribution in [2.45, 2.75) is 24.3 Å². The number of fused-ring (bicyclic) bond motifs is 1.